The van der Waals surface area contributed by atoms with Crippen molar-refractivity contribution in [2.45, 2.75) is 51.2 Å². The maximum atomic E-state index is 11.9. The zero-order valence-corrected chi connectivity index (χ0v) is 11.4. The van der Waals surface area contributed by atoms with E-state index in [1.165, 1.54) is 0 Å². The summed E-state index contributed by atoms with van der Waals surface area (Å²) < 4.78 is 10.7. The molecule has 5 heteroatoms. The molecule has 104 valence electrons. The Bertz CT molecular complexity index is 324. The monoisotopic (exact) mass is 257 g/mol. The lowest BCUT2D eigenvalue weighted by atomic mass is 9.80. The van der Waals surface area contributed by atoms with Gasteiger partial charge in [-0.25, -0.2) is 4.79 Å². The molecule has 1 heterocycles. The molecule has 0 aromatic heterocycles. The van der Waals surface area contributed by atoms with Crippen molar-refractivity contribution < 1.29 is 19.4 Å². The Morgan fingerprint density at radius 2 is 2.06 bits per heavy atom. The van der Waals surface area contributed by atoms with E-state index in [9.17, 15) is 9.90 Å². The van der Waals surface area contributed by atoms with E-state index in [4.69, 9.17) is 9.47 Å². The van der Waals surface area contributed by atoms with Gasteiger partial charge in [-0.2, -0.15) is 0 Å². The lowest BCUT2D eigenvalue weighted by molar-refractivity contribution is 0.0284. The van der Waals surface area contributed by atoms with Gasteiger partial charge in [0, 0.05) is 12.0 Å². The number of rotatable bonds is 3. The van der Waals surface area contributed by atoms with Gasteiger partial charge in [0.1, 0.15) is 5.60 Å². The van der Waals surface area contributed by atoms with E-state index >= 15 is 0 Å². The van der Waals surface area contributed by atoms with Crippen molar-refractivity contribution in [3.8, 4) is 0 Å². The molecule has 0 radical (unpaired) electrons. The van der Waals surface area contributed by atoms with Crippen molar-refractivity contribution in [2.24, 2.45) is 5.41 Å². The van der Waals surface area contributed by atoms with Crippen LogP contribution in [0.4, 0.5) is 4.79 Å². The highest BCUT2D eigenvalue weighted by atomic mass is 16.6. The van der Waals surface area contributed by atoms with Crippen molar-refractivity contribution in [2.75, 3.05) is 19.8 Å². The molecule has 2 rings (SSSR count). The fourth-order valence-electron chi connectivity index (χ4n) is 2.65. The number of hydrogen-bond acceptors (Lipinski definition) is 4. The van der Waals surface area contributed by atoms with Crippen LogP contribution in [0.15, 0.2) is 0 Å². The van der Waals surface area contributed by atoms with E-state index in [2.05, 4.69) is 5.32 Å². The molecule has 0 bridgehead atoms. The largest absolute Gasteiger partial charge is 0.444 e. The molecule has 2 aliphatic rings. The molecule has 1 saturated heterocycles. The maximum absolute atomic E-state index is 11.9. The predicted molar refractivity (Wildman–Crippen MR) is 66.3 cm³/mol. The molecule has 1 saturated carbocycles. The van der Waals surface area contributed by atoms with Crippen LogP contribution in [0.5, 0.6) is 0 Å². The molecule has 1 aliphatic carbocycles. The Labute approximate surface area is 108 Å². The second-order valence-corrected chi connectivity index (χ2v) is 6.45. The van der Waals surface area contributed by atoms with Crippen LogP contribution in [0.1, 0.15) is 40.0 Å². The Morgan fingerprint density at radius 3 is 2.44 bits per heavy atom. The number of ether oxygens (including phenoxy) is 2. The maximum Gasteiger partial charge on any atom is 0.408 e. The van der Waals surface area contributed by atoms with Gasteiger partial charge in [0.25, 0.3) is 0 Å². The summed E-state index contributed by atoms with van der Waals surface area (Å²) in [6.45, 7) is 6.69. The lowest BCUT2D eigenvalue weighted by Gasteiger charge is -2.37. The summed E-state index contributed by atoms with van der Waals surface area (Å²) in [6, 6.07) is 0. The van der Waals surface area contributed by atoms with Crippen molar-refractivity contribution in [3.63, 3.8) is 0 Å². The highest BCUT2D eigenvalue weighted by molar-refractivity contribution is 5.69. The zero-order chi connectivity index (χ0) is 13.4. The molecule has 18 heavy (non-hydrogen) atoms. The number of carbonyl (C=O) groups excluding carboxylic acids is 1. The molecule has 0 aromatic carbocycles. The Morgan fingerprint density at radius 1 is 1.39 bits per heavy atom. The van der Waals surface area contributed by atoms with E-state index < -0.39 is 17.2 Å². The number of amides is 1. The van der Waals surface area contributed by atoms with Crippen LogP contribution in [-0.4, -0.2) is 42.2 Å². The van der Waals surface area contributed by atoms with Crippen LogP contribution in [0, 0.1) is 5.41 Å². The molecular weight excluding hydrogens is 234 g/mol. The van der Waals surface area contributed by atoms with E-state index in [-0.39, 0.29) is 12.0 Å². The molecule has 0 spiro atoms. The van der Waals surface area contributed by atoms with Gasteiger partial charge in [-0.1, -0.05) is 0 Å². The Kier molecular flexibility index (Phi) is 3.32. The normalized spacial score (nSPS) is 30.0. The second kappa shape index (κ2) is 4.38. The summed E-state index contributed by atoms with van der Waals surface area (Å²) in [7, 11) is 0. The molecule has 2 N–H and O–H groups in total. The third-order valence-electron chi connectivity index (χ3n) is 3.93. The van der Waals surface area contributed by atoms with Gasteiger partial charge in [-0.3, -0.25) is 0 Å². The third-order valence-corrected chi connectivity index (χ3v) is 3.93. The van der Waals surface area contributed by atoms with Gasteiger partial charge in [-0.15, -0.1) is 0 Å². The molecule has 2 fully saturated rings. The van der Waals surface area contributed by atoms with Crippen LogP contribution >= 0.6 is 0 Å². The third kappa shape index (κ3) is 2.47. The standard InChI is InChI=1S/C13H23NO4/c1-11(2,3)18-10(16)14-13(6-7-17-9-13)12(8-15)4-5-12/h15H,4-9H2,1-3H3,(H,14,16). The first-order valence-electron chi connectivity index (χ1n) is 6.52. The van der Waals surface area contributed by atoms with Crippen molar-refractivity contribution in [1.82, 2.24) is 5.32 Å². The lowest BCUT2D eigenvalue weighted by Crippen LogP contribution is -2.57. The van der Waals surface area contributed by atoms with Gasteiger partial charge in [0.15, 0.2) is 0 Å². The van der Waals surface area contributed by atoms with E-state index in [1.807, 2.05) is 20.8 Å². The predicted octanol–water partition coefficient (Wildman–Crippen LogP) is 1.44. The van der Waals surface area contributed by atoms with Gasteiger partial charge >= 0.3 is 6.09 Å². The molecule has 1 aliphatic heterocycles. The summed E-state index contributed by atoms with van der Waals surface area (Å²) in [5.74, 6) is 0. The molecular formula is C13H23NO4. The summed E-state index contributed by atoms with van der Waals surface area (Å²) >= 11 is 0. The van der Waals surface area contributed by atoms with Gasteiger partial charge in [0.2, 0.25) is 0 Å². The molecule has 5 nitrogen and oxygen atoms in total. The number of nitrogens with one attached hydrogen (secondary N) is 1. The number of alkyl carbamates (subject to hydrolysis) is 1. The van der Waals surface area contributed by atoms with E-state index in [1.54, 1.807) is 0 Å². The Hall–Kier alpha value is -0.810. The fraction of sp³-hybridized carbons (Fsp3) is 0.923. The average Bonchev–Trinajstić information content (AvgIpc) is 2.92. The van der Waals surface area contributed by atoms with Crippen LogP contribution < -0.4 is 5.32 Å². The number of aliphatic hydroxyl groups excluding tert-OH is 1. The minimum atomic E-state index is -0.513. The first-order chi connectivity index (χ1) is 8.33. The number of hydrogen-bond donors (Lipinski definition) is 2. The molecule has 1 unspecified atom stereocenters. The number of aliphatic hydroxyl groups is 1. The van der Waals surface area contributed by atoms with Crippen molar-refractivity contribution in [1.29, 1.82) is 0 Å². The van der Waals surface area contributed by atoms with Gasteiger partial charge in [-0.05, 0) is 40.0 Å². The summed E-state index contributed by atoms with van der Waals surface area (Å²) in [4.78, 5) is 11.9. The smallest absolute Gasteiger partial charge is 0.408 e. The Balaban J connectivity index is 2.06. The van der Waals surface area contributed by atoms with Crippen LogP contribution in [0.2, 0.25) is 0 Å². The number of carbonyl (C=O) groups is 1. The van der Waals surface area contributed by atoms with Gasteiger partial charge < -0.3 is 19.9 Å². The zero-order valence-electron chi connectivity index (χ0n) is 11.4. The van der Waals surface area contributed by atoms with Crippen molar-refractivity contribution >= 4 is 6.09 Å². The second-order valence-electron chi connectivity index (χ2n) is 6.45. The molecule has 0 aromatic rings. The van der Waals surface area contributed by atoms with Gasteiger partial charge in [0.05, 0.1) is 18.8 Å². The van der Waals surface area contributed by atoms with E-state index in [0.29, 0.717) is 13.2 Å². The average molecular weight is 257 g/mol. The van der Waals surface area contributed by atoms with E-state index in [0.717, 1.165) is 19.3 Å². The topological polar surface area (TPSA) is 67.8 Å². The first kappa shape index (κ1) is 13.6. The summed E-state index contributed by atoms with van der Waals surface area (Å²) in [5.41, 5.74) is -1.18. The van der Waals surface area contributed by atoms with Crippen LogP contribution in [0.25, 0.3) is 0 Å². The SMILES string of the molecule is CC(C)(C)OC(=O)NC1(C2(CO)CC2)CCOC1. The van der Waals surface area contributed by atoms with Crippen LogP contribution in [-0.2, 0) is 9.47 Å². The summed E-state index contributed by atoms with van der Waals surface area (Å²) in [6.07, 6.45) is 2.19. The first-order valence-corrected chi connectivity index (χ1v) is 6.52. The van der Waals surface area contributed by atoms with Crippen LogP contribution in [0.3, 0.4) is 0 Å². The highest BCUT2D eigenvalue weighted by Gasteiger charge is 2.61. The fourth-order valence-corrected chi connectivity index (χ4v) is 2.65. The quantitative estimate of drug-likeness (QED) is 0.803. The van der Waals surface area contributed by atoms with Crippen molar-refractivity contribution in [3.05, 3.63) is 0 Å². The minimum Gasteiger partial charge on any atom is -0.444 e. The summed E-state index contributed by atoms with van der Waals surface area (Å²) in [5, 5.41) is 12.5. The molecule has 1 atom stereocenters. The molecule has 1 amide bonds. The highest BCUT2D eigenvalue weighted by Crippen LogP contribution is 2.56. The minimum absolute atomic E-state index is 0.0894.